The third-order valence-corrected chi connectivity index (χ3v) is 6.08. The Morgan fingerprint density at radius 1 is 1.04 bits per heavy atom. The van der Waals surface area contributed by atoms with E-state index in [0.717, 1.165) is 49.4 Å². The van der Waals surface area contributed by atoms with Gasteiger partial charge in [-0.3, -0.25) is 9.80 Å². The second-order valence-corrected chi connectivity index (χ2v) is 7.71. The Labute approximate surface area is 166 Å². The van der Waals surface area contributed by atoms with E-state index in [4.69, 9.17) is 4.74 Å². The van der Waals surface area contributed by atoms with Gasteiger partial charge in [0.25, 0.3) is 0 Å². The van der Waals surface area contributed by atoms with Gasteiger partial charge in [0.2, 0.25) is 0 Å². The molecule has 5 heteroatoms. The Kier molecular flexibility index (Phi) is 5.74. The van der Waals surface area contributed by atoms with Crippen molar-refractivity contribution in [3.8, 4) is 6.07 Å². The quantitative estimate of drug-likeness (QED) is 0.886. The number of hydrogen-bond donors (Lipinski definition) is 1. The molecule has 28 heavy (non-hydrogen) atoms. The van der Waals surface area contributed by atoms with Crippen LogP contribution in [-0.4, -0.2) is 60.3 Å². The zero-order valence-electron chi connectivity index (χ0n) is 16.1. The summed E-state index contributed by atoms with van der Waals surface area (Å²) in [5, 5.41) is 21.2. The van der Waals surface area contributed by atoms with E-state index in [1.54, 1.807) is 0 Å². The Morgan fingerprint density at radius 2 is 1.75 bits per heavy atom. The Bertz CT molecular complexity index is 829. The lowest BCUT2D eigenvalue weighted by atomic mass is 9.79. The summed E-state index contributed by atoms with van der Waals surface area (Å²) in [6, 6.07) is 20.2. The molecule has 0 spiro atoms. The van der Waals surface area contributed by atoms with Crippen molar-refractivity contribution in [1.29, 1.82) is 5.26 Å². The van der Waals surface area contributed by atoms with Crippen LogP contribution in [0.1, 0.15) is 23.1 Å². The monoisotopic (exact) mass is 377 g/mol. The van der Waals surface area contributed by atoms with Gasteiger partial charge in [0, 0.05) is 32.7 Å². The SMILES string of the molecule is N#Cc1ccccc1CN1CC[C@](O)(c2ccccc2)[C@H](N2CCOCC2)C1. The maximum absolute atomic E-state index is 11.8. The van der Waals surface area contributed by atoms with E-state index in [9.17, 15) is 10.4 Å². The minimum Gasteiger partial charge on any atom is -0.383 e. The Balaban J connectivity index is 1.59. The predicted octanol–water partition coefficient (Wildman–Crippen LogP) is 2.35. The highest BCUT2D eigenvalue weighted by Crippen LogP contribution is 2.37. The highest BCUT2D eigenvalue weighted by Gasteiger charge is 2.45. The molecule has 0 aliphatic carbocycles. The molecular formula is C23H27N3O2. The van der Waals surface area contributed by atoms with Gasteiger partial charge >= 0.3 is 0 Å². The van der Waals surface area contributed by atoms with Crippen LogP contribution in [0.2, 0.25) is 0 Å². The summed E-state index contributed by atoms with van der Waals surface area (Å²) >= 11 is 0. The molecule has 2 aliphatic rings. The first-order valence-electron chi connectivity index (χ1n) is 10.0. The fourth-order valence-corrected chi connectivity index (χ4v) is 4.50. The van der Waals surface area contributed by atoms with E-state index in [2.05, 4.69) is 15.9 Å². The molecule has 0 aromatic heterocycles. The largest absolute Gasteiger partial charge is 0.383 e. The number of ether oxygens (including phenoxy) is 1. The average molecular weight is 377 g/mol. The van der Waals surface area contributed by atoms with Crippen molar-refractivity contribution < 1.29 is 9.84 Å². The lowest BCUT2D eigenvalue weighted by Gasteiger charge is -2.50. The molecule has 0 radical (unpaired) electrons. The van der Waals surface area contributed by atoms with Gasteiger partial charge in [-0.2, -0.15) is 5.26 Å². The zero-order valence-corrected chi connectivity index (χ0v) is 16.1. The van der Waals surface area contributed by atoms with E-state index in [0.29, 0.717) is 19.6 Å². The second-order valence-electron chi connectivity index (χ2n) is 7.71. The first-order valence-corrected chi connectivity index (χ1v) is 10.0. The van der Waals surface area contributed by atoms with Crippen LogP contribution < -0.4 is 0 Å². The summed E-state index contributed by atoms with van der Waals surface area (Å²) in [7, 11) is 0. The third-order valence-electron chi connectivity index (χ3n) is 6.08. The molecule has 2 atom stereocenters. The maximum Gasteiger partial charge on any atom is 0.108 e. The van der Waals surface area contributed by atoms with Crippen molar-refractivity contribution in [1.82, 2.24) is 9.80 Å². The molecule has 2 saturated heterocycles. The van der Waals surface area contributed by atoms with Gasteiger partial charge < -0.3 is 9.84 Å². The number of aliphatic hydroxyl groups is 1. The van der Waals surface area contributed by atoms with Crippen LogP contribution >= 0.6 is 0 Å². The molecule has 0 unspecified atom stereocenters. The van der Waals surface area contributed by atoms with Crippen molar-refractivity contribution in [2.45, 2.75) is 24.6 Å². The minimum absolute atomic E-state index is 0.00166. The number of morpholine rings is 1. The minimum atomic E-state index is -0.871. The van der Waals surface area contributed by atoms with Crippen LogP contribution in [0.3, 0.4) is 0 Å². The van der Waals surface area contributed by atoms with Crippen molar-refractivity contribution >= 4 is 0 Å². The van der Waals surface area contributed by atoms with Gasteiger partial charge in [0.05, 0.1) is 30.9 Å². The van der Waals surface area contributed by atoms with Gasteiger partial charge in [0.15, 0.2) is 0 Å². The van der Waals surface area contributed by atoms with E-state index in [-0.39, 0.29) is 6.04 Å². The fraction of sp³-hybridized carbons (Fsp3) is 0.435. The average Bonchev–Trinajstić information content (AvgIpc) is 2.77. The number of rotatable bonds is 4. The molecule has 146 valence electrons. The Hall–Kier alpha value is -2.23. The zero-order chi connectivity index (χ0) is 19.4. The van der Waals surface area contributed by atoms with E-state index >= 15 is 0 Å². The molecule has 0 bridgehead atoms. The van der Waals surface area contributed by atoms with Gasteiger partial charge in [0.1, 0.15) is 5.60 Å². The van der Waals surface area contributed by atoms with Crippen LogP contribution in [-0.2, 0) is 16.9 Å². The van der Waals surface area contributed by atoms with Crippen LogP contribution in [0.4, 0.5) is 0 Å². The van der Waals surface area contributed by atoms with E-state index in [1.807, 2.05) is 54.6 Å². The molecule has 2 heterocycles. The van der Waals surface area contributed by atoms with Crippen LogP contribution in [0, 0.1) is 11.3 Å². The summed E-state index contributed by atoms with van der Waals surface area (Å²) in [5.74, 6) is 0. The standard InChI is InChI=1S/C23H27N3O2/c24-16-19-6-4-5-7-20(19)17-25-11-10-23(27,21-8-2-1-3-9-21)22(18-25)26-12-14-28-15-13-26/h1-9,22,27H,10-15,17-18H2/t22-,23+/m1/s1. The summed E-state index contributed by atoms with van der Waals surface area (Å²) in [5.41, 5.74) is 1.90. The molecule has 0 amide bonds. The number of piperidine rings is 1. The summed E-state index contributed by atoms with van der Waals surface area (Å²) in [4.78, 5) is 4.74. The highest BCUT2D eigenvalue weighted by molar-refractivity contribution is 5.37. The number of nitrogens with zero attached hydrogens (tertiary/aromatic N) is 3. The lowest BCUT2D eigenvalue weighted by molar-refractivity contribution is -0.119. The predicted molar refractivity (Wildman–Crippen MR) is 108 cm³/mol. The third kappa shape index (κ3) is 3.82. The van der Waals surface area contributed by atoms with Crippen LogP contribution in [0.15, 0.2) is 54.6 Å². The maximum atomic E-state index is 11.8. The second kappa shape index (κ2) is 8.42. The molecule has 4 rings (SSSR count). The molecular weight excluding hydrogens is 350 g/mol. The topological polar surface area (TPSA) is 59.7 Å². The van der Waals surface area contributed by atoms with Crippen molar-refractivity contribution in [2.24, 2.45) is 0 Å². The van der Waals surface area contributed by atoms with E-state index in [1.165, 1.54) is 0 Å². The van der Waals surface area contributed by atoms with E-state index < -0.39 is 5.60 Å². The smallest absolute Gasteiger partial charge is 0.108 e. The van der Waals surface area contributed by atoms with Crippen molar-refractivity contribution in [3.05, 3.63) is 71.3 Å². The number of hydrogen-bond acceptors (Lipinski definition) is 5. The summed E-state index contributed by atoms with van der Waals surface area (Å²) in [6.07, 6.45) is 0.674. The molecule has 2 aliphatic heterocycles. The molecule has 2 aromatic carbocycles. The first kappa shape index (κ1) is 19.1. The van der Waals surface area contributed by atoms with Gasteiger partial charge in [-0.1, -0.05) is 48.5 Å². The van der Waals surface area contributed by atoms with Gasteiger partial charge in [-0.25, -0.2) is 0 Å². The van der Waals surface area contributed by atoms with Crippen LogP contribution in [0.25, 0.3) is 0 Å². The lowest BCUT2D eigenvalue weighted by Crippen LogP contribution is -2.62. The van der Waals surface area contributed by atoms with Crippen molar-refractivity contribution in [2.75, 3.05) is 39.4 Å². The van der Waals surface area contributed by atoms with Gasteiger partial charge in [-0.15, -0.1) is 0 Å². The summed E-state index contributed by atoms with van der Waals surface area (Å²) < 4.78 is 5.54. The van der Waals surface area contributed by atoms with Gasteiger partial charge in [-0.05, 0) is 23.6 Å². The molecule has 2 fully saturated rings. The molecule has 2 aromatic rings. The highest BCUT2D eigenvalue weighted by atomic mass is 16.5. The van der Waals surface area contributed by atoms with Crippen molar-refractivity contribution in [3.63, 3.8) is 0 Å². The molecule has 1 N–H and O–H groups in total. The molecule has 5 nitrogen and oxygen atoms in total. The fourth-order valence-electron chi connectivity index (χ4n) is 4.50. The molecule has 0 saturated carbocycles. The summed E-state index contributed by atoms with van der Waals surface area (Å²) in [6.45, 7) is 5.38. The Morgan fingerprint density at radius 3 is 2.50 bits per heavy atom. The normalized spacial score (nSPS) is 26.6. The first-order chi connectivity index (χ1) is 13.7. The number of benzene rings is 2. The number of nitriles is 1. The van der Waals surface area contributed by atoms with Crippen LogP contribution in [0.5, 0.6) is 0 Å². The number of likely N-dealkylation sites (tertiary alicyclic amines) is 1.